The zero-order chi connectivity index (χ0) is 13.3. The van der Waals surface area contributed by atoms with Crippen LogP contribution in [-0.4, -0.2) is 32.8 Å². The molecule has 0 amide bonds. The Labute approximate surface area is 102 Å². The Kier molecular flexibility index (Phi) is 3.91. The van der Waals surface area contributed by atoms with Crippen molar-refractivity contribution >= 4 is 15.8 Å². The van der Waals surface area contributed by atoms with Gasteiger partial charge in [0.2, 0.25) is 10.0 Å². The van der Waals surface area contributed by atoms with Gasteiger partial charge < -0.3 is 4.74 Å². The molecule has 0 saturated heterocycles. The predicted octanol–water partition coefficient (Wildman–Crippen LogP) is 0.744. The second-order valence-electron chi connectivity index (χ2n) is 4.05. The number of ketones is 1. The summed E-state index contributed by atoms with van der Waals surface area (Å²) in [7, 11) is -3.46. The van der Waals surface area contributed by atoms with Crippen LogP contribution in [0.4, 0.5) is 0 Å². The molecule has 6 heteroatoms. The summed E-state index contributed by atoms with van der Waals surface area (Å²) in [6, 6.07) is 0. The van der Waals surface area contributed by atoms with Crippen LogP contribution in [0, 0.1) is 0 Å². The number of rotatable bonds is 4. The average Bonchev–Trinajstić information content (AvgIpc) is 2.12. The normalized spacial score (nSPS) is 19.9. The van der Waals surface area contributed by atoms with E-state index in [1.165, 1.54) is 12.2 Å². The van der Waals surface area contributed by atoms with Gasteiger partial charge >= 0.3 is 0 Å². The summed E-state index contributed by atoms with van der Waals surface area (Å²) in [4.78, 5) is 11.4. The van der Waals surface area contributed by atoms with E-state index in [0.717, 1.165) is 6.26 Å². The number of sulfonamides is 1. The van der Waals surface area contributed by atoms with Crippen molar-refractivity contribution < 1.29 is 17.9 Å². The van der Waals surface area contributed by atoms with Crippen molar-refractivity contribution in [2.24, 2.45) is 0 Å². The second kappa shape index (κ2) is 4.72. The topological polar surface area (TPSA) is 72.5 Å². The van der Waals surface area contributed by atoms with Crippen LogP contribution in [0.2, 0.25) is 0 Å². The molecular formula is C11H17NO4S. The molecule has 96 valence electrons. The van der Waals surface area contributed by atoms with Crippen LogP contribution in [0.25, 0.3) is 0 Å². The highest BCUT2D eigenvalue weighted by Gasteiger charge is 2.40. The maximum absolute atomic E-state index is 11.4. The van der Waals surface area contributed by atoms with Gasteiger partial charge in [-0.2, -0.15) is 4.72 Å². The molecule has 0 atom stereocenters. The van der Waals surface area contributed by atoms with Crippen molar-refractivity contribution in [2.75, 3.05) is 12.9 Å². The maximum Gasteiger partial charge on any atom is 0.211 e. The Balaban J connectivity index is 3.28. The molecule has 0 fully saturated rings. The molecule has 0 aromatic rings. The minimum atomic E-state index is -3.46. The maximum atomic E-state index is 11.4. The zero-order valence-corrected chi connectivity index (χ0v) is 11.2. The summed E-state index contributed by atoms with van der Waals surface area (Å²) >= 11 is 0. The summed E-state index contributed by atoms with van der Waals surface area (Å²) in [5, 5.41) is 0. The van der Waals surface area contributed by atoms with Gasteiger partial charge in [-0.25, -0.2) is 8.42 Å². The Bertz CT molecular complexity index is 466. The van der Waals surface area contributed by atoms with Crippen molar-refractivity contribution in [3.63, 3.8) is 0 Å². The van der Waals surface area contributed by atoms with Crippen molar-refractivity contribution in [3.05, 3.63) is 23.3 Å². The molecule has 0 aromatic heterocycles. The summed E-state index contributed by atoms with van der Waals surface area (Å²) in [5.41, 5.74) is -0.152. The fourth-order valence-electron chi connectivity index (χ4n) is 1.88. The van der Waals surface area contributed by atoms with Crippen LogP contribution in [-0.2, 0) is 19.6 Å². The van der Waals surface area contributed by atoms with Crippen LogP contribution in [0.3, 0.4) is 0 Å². The van der Waals surface area contributed by atoms with Crippen LogP contribution in [0.15, 0.2) is 23.3 Å². The molecule has 1 N–H and O–H groups in total. The second-order valence-corrected chi connectivity index (χ2v) is 5.79. The molecule has 0 heterocycles. The van der Waals surface area contributed by atoms with Gasteiger partial charge in [0, 0.05) is 6.61 Å². The molecule has 5 nitrogen and oxygen atoms in total. The quantitative estimate of drug-likeness (QED) is 0.756. The van der Waals surface area contributed by atoms with E-state index >= 15 is 0 Å². The average molecular weight is 259 g/mol. The van der Waals surface area contributed by atoms with Gasteiger partial charge in [0.05, 0.1) is 6.26 Å². The lowest BCUT2D eigenvalue weighted by Crippen LogP contribution is -2.53. The van der Waals surface area contributed by atoms with Crippen molar-refractivity contribution in [1.82, 2.24) is 4.72 Å². The van der Waals surface area contributed by atoms with E-state index in [2.05, 4.69) is 4.72 Å². The first-order valence-electron chi connectivity index (χ1n) is 5.25. The van der Waals surface area contributed by atoms with Gasteiger partial charge in [0.15, 0.2) is 11.5 Å². The molecule has 1 rings (SSSR count). The number of carbonyl (C=O) groups is 1. The fourth-order valence-corrected chi connectivity index (χ4v) is 2.78. The number of hydrogen-bond donors (Lipinski definition) is 1. The number of nitrogens with one attached hydrogen (secondary N) is 1. The van der Waals surface area contributed by atoms with E-state index in [1.54, 1.807) is 20.8 Å². The monoisotopic (exact) mass is 259 g/mol. The number of allylic oxidation sites excluding steroid dienone is 2. The highest BCUT2D eigenvalue weighted by atomic mass is 32.2. The van der Waals surface area contributed by atoms with Gasteiger partial charge in [-0.3, -0.25) is 4.79 Å². The SMILES string of the molecule is CCOC1(NS(C)(=O)=O)C(C)=CC(=O)C=C1C. The Morgan fingerprint density at radius 1 is 1.29 bits per heavy atom. The molecule has 0 aliphatic heterocycles. The predicted molar refractivity (Wildman–Crippen MR) is 64.9 cm³/mol. The Morgan fingerprint density at radius 2 is 1.76 bits per heavy atom. The molecule has 1 aliphatic carbocycles. The third-order valence-corrected chi connectivity index (χ3v) is 3.18. The van der Waals surface area contributed by atoms with E-state index in [9.17, 15) is 13.2 Å². The Hall–Kier alpha value is -0.980. The van der Waals surface area contributed by atoms with Crippen LogP contribution in [0.1, 0.15) is 20.8 Å². The lowest BCUT2D eigenvalue weighted by Gasteiger charge is -2.37. The lowest BCUT2D eigenvalue weighted by molar-refractivity contribution is -0.111. The largest absolute Gasteiger partial charge is 0.352 e. The minimum absolute atomic E-state index is 0.161. The third kappa shape index (κ3) is 3.02. The summed E-state index contributed by atoms with van der Waals surface area (Å²) < 4.78 is 30.8. The van der Waals surface area contributed by atoms with Gasteiger partial charge in [-0.1, -0.05) is 0 Å². The first-order valence-corrected chi connectivity index (χ1v) is 7.15. The highest BCUT2D eigenvalue weighted by Crippen LogP contribution is 2.31. The molecule has 0 spiro atoms. The van der Waals surface area contributed by atoms with E-state index in [4.69, 9.17) is 4.74 Å². The van der Waals surface area contributed by atoms with E-state index < -0.39 is 15.7 Å². The highest BCUT2D eigenvalue weighted by molar-refractivity contribution is 7.88. The van der Waals surface area contributed by atoms with Gasteiger partial charge in [-0.15, -0.1) is 0 Å². The number of carbonyl (C=O) groups excluding carboxylic acids is 1. The molecule has 0 aromatic carbocycles. The zero-order valence-electron chi connectivity index (χ0n) is 10.4. The molecule has 17 heavy (non-hydrogen) atoms. The van der Waals surface area contributed by atoms with E-state index in [0.29, 0.717) is 17.8 Å². The summed E-state index contributed by atoms with van der Waals surface area (Å²) in [6.45, 7) is 5.43. The molecule has 0 saturated carbocycles. The van der Waals surface area contributed by atoms with Gasteiger partial charge in [-0.05, 0) is 44.1 Å². The molecular weight excluding hydrogens is 242 g/mol. The van der Waals surface area contributed by atoms with E-state index in [-0.39, 0.29) is 5.78 Å². The van der Waals surface area contributed by atoms with Crippen LogP contribution in [0.5, 0.6) is 0 Å². The third-order valence-electron chi connectivity index (χ3n) is 2.52. The summed E-state index contributed by atoms with van der Waals surface area (Å²) in [6.07, 6.45) is 3.81. The number of hydrogen-bond acceptors (Lipinski definition) is 4. The fraction of sp³-hybridized carbons (Fsp3) is 0.545. The number of ether oxygens (including phenoxy) is 1. The first-order chi connectivity index (χ1) is 7.71. The van der Waals surface area contributed by atoms with E-state index in [1.807, 2.05) is 0 Å². The molecule has 0 bridgehead atoms. The molecule has 0 unspecified atom stereocenters. The van der Waals surface area contributed by atoms with Crippen LogP contribution >= 0.6 is 0 Å². The first kappa shape index (κ1) is 14.1. The van der Waals surface area contributed by atoms with Crippen LogP contribution < -0.4 is 4.72 Å². The molecule has 1 aliphatic rings. The Morgan fingerprint density at radius 3 is 2.12 bits per heavy atom. The van der Waals surface area contributed by atoms with Crippen molar-refractivity contribution in [2.45, 2.75) is 26.5 Å². The molecule has 0 radical (unpaired) electrons. The van der Waals surface area contributed by atoms with Crippen molar-refractivity contribution in [1.29, 1.82) is 0 Å². The minimum Gasteiger partial charge on any atom is -0.352 e. The van der Waals surface area contributed by atoms with Crippen molar-refractivity contribution in [3.8, 4) is 0 Å². The van der Waals surface area contributed by atoms with Gasteiger partial charge in [0.1, 0.15) is 0 Å². The lowest BCUT2D eigenvalue weighted by atomic mass is 9.90. The summed E-state index contributed by atoms with van der Waals surface area (Å²) in [5.74, 6) is -0.161. The standard InChI is InChI=1S/C11H17NO4S/c1-5-16-11(12-17(4,14)15)8(2)6-10(13)7-9(11)3/h6-7,12H,5H2,1-4H3. The smallest absolute Gasteiger partial charge is 0.211 e. The van der Waals surface area contributed by atoms with Gasteiger partial charge in [0.25, 0.3) is 0 Å².